The number of nitrogens with zero attached hydrogens (tertiary/aromatic N) is 1. The summed E-state index contributed by atoms with van der Waals surface area (Å²) in [6.45, 7) is 0.854. The van der Waals surface area contributed by atoms with Gasteiger partial charge in [0.15, 0.2) is 11.5 Å². The molecule has 1 saturated heterocycles. The van der Waals surface area contributed by atoms with E-state index in [0.29, 0.717) is 43.1 Å². The quantitative estimate of drug-likeness (QED) is 0.743. The minimum atomic E-state index is -0.713. The van der Waals surface area contributed by atoms with Crippen LogP contribution in [0.5, 0.6) is 11.5 Å². The first-order chi connectivity index (χ1) is 13.5. The Morgan fingerprint density at radius 3 is 2.54 bits per heavy atom. The molecule has 0 aromatic heterocycles. The van der Waals surface area contributed by atoms with Crippen LogP contribution in [0.3, 0.4) is 0 Å². The van der Waals surface area contributed by atoms with Crippen molar-refractivity contribution in [2.75, 3.05) is 32.2 Å². The number of methoxy groups -OCH3 is 2. The zero-order valence-electron chi connectivity index (χ0n) is 15.9. The van der Waals surface area contributed by atoms with Gasteiger partial charge in [0.2, 0.25) is 11.8 Å². The SMILES string of the molecule is COc1ccc(CCNC(=O)C2CCN(c3ccc(F)cc3)C2=O)cc1OC. The Bertz CT molecular complexity index is 854. The molecule has 7 heteroatoms. The van der Waals surface area contributed by atoms with Gasteiger partial charge in [0.05, 0.1) is 14.2 Å². The van der Waals surface area contributed by atoms with Crippen LogP contribution in [0.2, 0.25) is 0 Å². The Hall–Kier alpha value is -3.09. The second kappa shape index (κ2) is 8.73. The molecule has 1 atom stereocenters. The van der Waals surface area contributed by atoms with Gasteiger partial charge in [-0.3, -0.25) is 9.59 Å². The van der Waals surface area contributed by atoms with Crippen LogP contribution >= 0.6 is 0 Å². The summed E-state index contributed by atoms with van der Waals surface area (Å²) < 4.78 is 23.5. The van der Waals surface area contributed by atoms with Gasteiger partial charge >= 0.3 is 0 Å². The molecule has 0 spiro atoms. The van der Waals surface area contributed by atoms with E-state index in [0.717, 1.165) is 5.56 Å². The fourth-order valence-electron chi connectivity index (χ4n) is 3.29. The number of anilines is 1. The van der Waals surface area contributed by atoms with Gasteiger partial charge in [-0.15, -0.1) is 0 Å². The average molecular weight is 386 g/mol. The highest BCUT2D eigenvalue weighted by atomic mass is 19.1. The zero-order valence-corrected chi connectivity index (χ0v) is 15.9. The summed E-state index contributed by atoms with van der Waals surface area (Å²) in [5, 5.41) is 2.83. The molecular weight excluding hydrogens is 363 g/mol. The van der Waals surface area contributed by atoms with Crippen molar-refractivity contribution < 1.29 is 23.5 Å². The van der Waals surface area contributed by atoms with Crippen molar-refractivity contribution >= 4 is 17.5 Å². The van der Waals surface area contributed by atoms with Gasteiger partial charge in [0.1, 0.15) is 11.7 Å². The van der Waals surface area contributed by atoms with E-state index >= 15 is 0 Å². The molecule has 0 radical (unpaired) electrons. The normalized spacial score (nSPS) is 16.2. The molecule has 2 aromatic rings. The van der Waals surface area contributed by atoms with E-state index in [-0.39, 0.29) is 17.6 Å². The Balaban J connectivity index is 1.54. The second-order valence-electron chi connectivity index (χ2n) is 6.54. The summed E-state index contributed by atoms with van der Waals surface area (Å²) in [4.78, 5) is 26.5. The molecule has 1 fully saturated rings. The maximum Gasteiger partial charge on any atom is 0.239 e. The Morgan fingerprint density at radius 1 is 1.14 bits per heavy atom. The second-order valence-corrected chi connectivity index (χ2v) is 6.54. The number of nitrogens with one attached hydrogen (secondary N) is 1. The number of benzene rings is 2. The van der Waals surface area contributed by atoms with Gasteiger partial charge in [-0.1, -0.05) is 6.07 Å². The van der Waals surface area contributed by atoms with E-state index in [1.807, 2.05) is 18.2 Å². The van der Waals surface area contributed by atoms with Crippen molar-refractivity contribution in [3.63, 3.8) is 0 Å². The molecule has 0 bridgehead atoms. The van der Waals surface area contributed by atoms with Crippen molar-refractivity contribution in [2.45, 2.75) is 12.8 Å². The van der Waals surface area contributed by atoms with E-state index in [1.165, 1.54) is 17.0 Å². The maximum atomic E-state index is 13.1. The summed E-state index contributed by atoms with van der Waals surface area (Å²) >= 11 is 0. The number of halogens is 1. The summed E-state index contributed by atoms with van der Waals surface area (Å²) in [6.07, 6.45) is 1.05. The molecule has 6 nitrogen and oxygen atoms in total. The standard InChI is InChI=1S/C21H23FN2O4/c1-27-18-8-3-14(13-19(18)28-2)9-11-23-20(25)17-10-12-24(21(17)26)16-6-4-15(22)5-7-16/h3-8,13,17H,9-12H2,1-2H3,(H,23,25). The molecule has 3 rings (SSSR count). The van der Waals surface area contributed by atoms with Crippen LogP contribution in [0.25, 0.3) is 0 Å². The molecule has 0 saturated carbocycles. The van der Waals surface area contributed by atoms with Gasteiger partial charge in [-0.25, -0.2) is 4.39 Å². The summed E-state index contributed by atoms with van der Waals surface area (Å²) in [5.74, 6) is -0.333. The van der Waals surface area contributed by atoms with Crippen molar-refractivity contribution in [2.24, 2.45) is 5.92 Å². The first-order valence-electron chi connectivity index (χ1n) is 9.09. The van der Waals surface area contributed by atoms with Gasteiger partial charge in [-0.2, -0.15) is 0 Å². The van der Waals surface area contributed by atoms with E-state index < -0.39 is 5.92 Å². The van der Waals surface area contributed by atoms with Crippen LogP contribution in [0, 0.1) is 11.7 Å². The molecule has 1 heterocycles. The third kappa shape index (κ3) is 4.24. The molecule has 1 N–H and O–H groups in total. The number of ether oxygens (including phenoxy) is 2. The lowest BCUT2D eigenvalue weighted by atomic mass is 10.1. The summed E-state index contributed by atoms with van der Waals surface area (Å²) in [5.41, 5.74) is 1.59. The zero-order chi connectivity index (χ0) is 20.1. The smallest absolute Gasteiger partial charge is 0.239 e. The Morgan fingerprint density at radius 2 is 1.86 bits per heavy atom. The number of hydrogen-bond donors (Lipinski definition) is 1. The monoisotopic (exact) mass is 386 g/mol. The highest BCUT2D eigenvalue weighted by molar-refractivity contribution is 6.09. The molecular formula is C21H23FN2O4. The molecule has 0 aliphatic carbocycles. The number of carbonyl (C=O) groups is 2. The lowest BCUT2D eigenvalue weighted by Crippen LogP contribution is -2.37. The average Bonchev–Trinajstić information content (AvgIpc) is 3.09. The minimum Gasteiger partial charge on any atom is -0.493 e. The molecule has 2 amide bonds. The predicted octanol–water partition coefficient (Wildman–Crippen LogP) is 2.55. The molecule has 148 valence electrons. The Kier molecular flexibility index (Phi) is 6.13. The summed E-state index contributed by atoms with van der Waals surface area (Å²) in [6, 6.07) is 11.3. The third-order valence-corrected chi connectivity index (χ3v) is 4.82. The van der Waals surface area contributed by atoms with Crippen LogP contribution < -0.4 is 19.7 Å². The van der Waals surface area contributed by atoms with Crippen LogP contribution in [-0.2, 0) is 16.0 Å². The van der Waals surface area contributed by atoms with E-state index in [1.54, 1.807) is 26.4 Å². The lowest BCUT2D eigenvalue weighted by Gasteiger charge is -2.16. The fraction of sp³-hybridized carbons (Fsp3) is 0.333. The van der Waals surface area contributed by atoms with Crippen LogP contribution in [0.1, 0.15) is 12.0 Å². The van der Waals surface area contributed by atoms with Crippen molar-refractivity contribution in [1.29, 1.82) is 0 Å². The van der Waals surface area contributed by atoms with Gasteiger partial charge in [0, 0.05) is 18.8 Å². The van der Waals surface area contributed by atoms with E-state index in [9.17, 15) is 14.0 Å². The molecule has 28 heavy (non-hydrogen) atoms. The van der Waals surface area contributed by atoms with Crippen LogP contribution in [0.15, 0.2) is 42.5 Å². The van der Waals surface area contributed by atoms with Gasteiger partial charge in [-0.05, 0) is 54.8 Å². The van der Waals surface area contributed by atoms with E-state index in [2.05, 4.69) is 5.32 Å². The molecule has 2 aromatic carbocycles. The van der Waals surface area contributed by atoms with Crippen molar-refractivity contribution in [1.82, 2.24) is 5.32 Å². The fourth-order valence-corrected chi connectivity index (χ4v) is 3.29. The number of rotatable bonds is 7. The Labute approximate surface area is 163 Å². The minimum absolute atomic E-state index is 0.254. The van der Waals surface area contributed by atoms with Crippen LogP contribution in [0.4, 0.5) is 10.1 Å². The molecule has 1 aliphatic heterocycles. The van der Waals surface area contributed by atoms with Crippen molar-refractivity contribution in [3.8, 4) is 11.5 Å². The highest BCUT2D eigenvalue weighted by Gasteiger charge is 2.37. The van der Waals surface area contributed by atoms with Crippen LogP contribution in [-0.4, -0.2) is 39.1 Å². The van der Waals surface area contributed by atoms with Gasteiger partial charge in [0.25, 0.3) is 0 Å². The largest absolute Gasteiger partial charge is 0.493 e. The molecule has 1 aliphatic rings. The predicted molar refractivity (Wildman–Crippen MR) is 103 cm³/mol. The highest BCUT2D eigenvalue weighted by Crippen LogP contribution is 2.28. The first-order valence-corrected chi connectivity index (χ1v) is 9.09. The number of carbonyl (C=O) groups excluding carboxylic acids is 2. The van der Waals surface area contributed by atoms with Crippen molar-refractivity contribution in [3.05, 3.63) is 53.8 Å². The number of hydrogen-bond acceptors (Lipinski definition) is 4. The summed E-state index contributed by atoms with van der Waals surface area (Å²) in [7, 11) is 3.15. The first kappa shape index (κ1) is 19.7. The van der Waals surface area contributed by atoms with E-state index in [4.69, 9.17) is 9.47 Å². The lowest BCUT2D eigenvalue weighted by molar-refractivity contribution is -0.132. The third-order valence-electron chi connectivity index (χ3n) is 4.82. The topological polar surface area (TPSA) is 67.9 Å². The van der Waals surface area contributed by atoms with Gasteiger partial charge < -0.3 is 19.7 Å². The number of amides is 2. The molecule has 1 unspecified atom stereocenters. The maximum absolute atomic E-state index is 13.1.